The van der Waals surface area contributed by atoms with Gasteiger partial charge < -0.3 is 23.7 Å². The van der Waals surface area contributed by atoms with Crippen molar-refractivity contribution in [3.8, 4) is 0 Å². The first kappa shape index (κ1) is 19.1. The molecule has 0 amide bonds. The highest BCUT2D eigenvalue weighted by Crippen LogP contribution is 2.28. The van der Waals surface area contributed by atoms with Crippen molar-refractivity contribution >= 4 is 0 Å². The monoisotopic (exact) mass is 312 g/mol. The minimum atomic E-state index is -0.302. The molecule has 0 aromatic rings. The molecule has 1 saturated heterocycles. The van der Waals surface area contributed by atoms with E-state index in [1.807, 2.05) is 6.92 Å². The van der Waals surface area contributed by atoms with Gasteiger partial charge in [0.2, 0.25) is 0 Å². The molecule has 22 heavy (non-hydrogen) atoms. The van der Waals surface area contributed by atoms with Gasteiger partial charge in [-0.05, 0) is 6.92 Å². The van der Waals surface area contributed by atoms with Crippen LogP contribution in [0.5, 0.6) is 0 Å². The summed E-state index contributed by atoms with van der Waals surface area (Å²) in [5.74, 6) is 0. The van der Waals surface area contributed by atoms with Gasteiger partial charge in [-0.1, -0.05) is 18.2 Å². The Balaban J connectivity index is 2.93. The van der Waals surface area contributed by atoms with Crippen LogP contribution in [-0.4, -0.2) is 64.1 Å². The highest BCUT2D eigenvalue weighted by Gasteiger charge is 2.46. The summed E-state index contributed by atoms with van der Waals surface area (Å²) in [5, 5.41) is 0. The van der Waals surface area contributed by atoms with Gasteiger partial charge in [0.25, 0.3) is 0 Å². The van der Waals surface area contributed by atoms with Gasteiger partial charge in [-0.25, -0.2) is 0 Å². The zero-order valence-electron chi connectivity index (χ0n) is 13.6. The van der Waals surface area contributed by atoms with Crippen LogP contribution in [0, 0.1) is 0 Å². The van der Waals surface area contributed by atoms with E-state index in [0.29, 0.717) is 26.4 Å². The van der Waals surface area contributed by atoms with Crippen molar-refractivity contribution in [3.63, 3.8) is 0 Å². The van der Waals surface area contributed by atoms with Gasteiger partial charge >= 0.3 is 0 Å². The molecule has 1 fully saturated rings. The van der Waals surface area contributed by atoms with Crippen molar-refractivity contribution in [2.24, 2.45) is 0 Å². The molecule has 5 heteroatoms. The lowest BCUT2D eigenvalue weighted by Gasteiger charge is -2.45. The Hall–Kier alpha value is -0.980. The largest absolute Gasteiger partial charge is 0.382 e. The first-order chi connectivity index (χ1) is 10.7. The molecule has 5 atom stereocenters. The Morgan fingerprint density at radius 2 is 1.36 bits per heavy atom. The predicted octanol–water partition coefficient (Wildman–Crippen LogP) is 2.13. The third-order valence-electron chi connectivity index (χ3n) is 3.42. The van der Waals surface area contributed by atoms with Gasteiger partial charge in [0, 0.05) is 7.11 Å². The van der Waals surface area contributed by atoms with Crippen LogP contribution < -0.4 is 0 Å². The van der Waals surface area contributed by atoms with E-state index in [-0.39, 0.29) is 30.5 Å². The highest BCUT2D eigenvalue weighted by atomic mass is 16.6. The summed E-state index contributed by atoms with van der Waals surface area (Å²) in [7, 11) is 1.64. The van der Waals surface area contributed by atoms with Crippen molar-refractivity contribution in [1.29, 1.82) is 0 Å². The minimum Gasteiger partial charge on any atom is -0.382 e. The lowest BCUT2D eigenvalue weighted by molar-refractivity contribution is -0.254. The van der Waals surface area contributed by atoms with Crippen LogP contribution in [0.4, 0.5) is 0 Å². The van der Waals surface area contributed by atoms with Crippen LogP contribution in [0.25, 0.3) is 0 Å². The number of methoxy groups -OCH3 is 1. The van der Waals surface area contributed by atoms with Crippen molar-refractivity contribution in [2.75, 3.05) is 33.5 Å². The molecule has 0 aliphatic carbocycles. The summed E-state index contributed by atoms with van der Waals surface area (Å²) < 4.78 is 28.9. The van der Waals surface area contributed by atoms with Gasteiger partial charge in [-0.3, -0.25) is 0 Å². The molecular weight excluding hydrogens is 284 g/mol. The second-order valence-electron chi connectivity index (χ2n) is 5.09. The molecular formula is C17H28O5. The molecule has 0 aromatic carbocycles. The number of rotatable bonds is 11. The fraction of sp³-hybridized carbons (Fsp3) is 0.647. The van der Waals surface area contributed by atoms with Crippen LogP contribution in [0.1, 0.15) is 6.92 Å². The van der Waals surface area contributed by atoms with E-state index in [1.54, 1.807) is 25.3 Å². The van der Waals surface area contributed by atoms with Crippen LogP contribution in [0.15, 0.2) is 38.0 Å². The van der Waals surface area contributed by atoms with Gasteiger partial charge in [0.15, 0.2) is 0 Å². The molecule has 5 nitrogen and oxygen atoms in total. The smallest absolute Gasteiger partial charge is 0.115 e. The highest BCUT2D eigenvalue weighted by molar-refractivity contribution is 4.95. The zero-order valence-corrected chi connectivity index (χ0v) is 13.6. The van der Waals surface area contributed by atoms with E-state index in [4.69, 9.17) is 23.7 Å². The molecule has 2 unspecified atom stereocenters. The first-order valence-corrected chi connectivity index (χ1v) is 7.51. The maximum absolute atomic E-state index is 6.01. The van der Waals surface area contributed by atoms with Crippen LogP contribution >= 0.6 is 0 Å². The minimum absolute atomic E-state index is 0.140. The SMILES string of the molecule is C=CCOC1[C@H](OCC=C)C(COC)O[C@H](C)[C@H]1OCC=C. The fourth-order valence-electron chi connectivity index (χ4n) is 2.55. The molecule has 1 heterocycles. The number of hydrogen-bond acceptors (Lipinski definition) is 5. The van der Waals surface area contributed by atoms with Crippen molar-refractivity contribution in [1.82, 2.24) is 0 Å². The Morgan fingerprint density at radius 1 is 0.864 bits per heavy atom. The number of ether oxygens (including phenoxy) is 5. The van der Waals surface area contributed by atoms with Crippen molar-refractivity contribution in [2.45, 2.75) is 37.4 Å². The fourth-order valence-corrected chi connectivity index (χ4v) is 2.55. The average molecular weight is 312 g/mol. The summed E-state index contributed by atoms with van der Waals surface area (Å²) in [6.45, 7) is 14.7. The maximum Gasteiger partial charge on any atom is 0.115 e. The quantitative estimate of drug-likeness (QED) is 0.547. The second kappa shape index (κ2) is 10.7. The van der Waals surface area contributed by atoms with Crippen LogP contribution in [0.2, 0.25) is 0 Å². The van der Waals surface area contributed by atoms with Crippen molar-refractivity contribution in [3.05, 3.63) is 38.0 Å². The van der Waals surface area contributed by atoms with Gasteiger partial charge in [0.05, 0.1) is 32.5 Å². The van der Waals surface area contributed by atoms with Gasteiger partial charge in [0.1, 0.15) is 24.4 Å². The summed E-state index contributed by atoms with van der Waals surface area (Å²) in [6, 6.07) is 0. The average Bonchev–Trinajstić information content (AvgIpc) is 2.51. The normalized spacial score (nSPS) is 31.6. The Morgan fingerprint density at radius 3 is 1.86 bits per heavy atom. The van der Waals surface area contributed by atoms with Crippen molar-refractivity contribution < 1.29 is 23.7 Å². The second-order valence-corrected chi connectivity index (χ2v) is 5.09. The summed E-state index contributed by atoms with van der Waals surface area (Å²) in [4.78, 5) is 0. The maximum atomic E-state index is 6.01. The molecule has 1 aliphatic heterocycles. The van der Waals surface area contributed by atoms with Crippen LogP contribution in [0.3, 0.4) is 0 Å². The Labute approximate surface area is 133 Å². The summed E-state index contributed by atoms with van der Waals surface area (Å²) in [5.41, 5.74) is 0. The van der Waals surface area contributed by atoms with Gasteiger partial charge in [-0.15, -0.1) is 19.7 Å². The molecule has 0 saturated carbocycles. The molecule has 0 spiro atoms. The lowest BCUT2D eigenvalue weighted by atomic mass is 9.95. The van der Waals surface area contributed by atoms with Gasteiger partial charge in [-0.2, -0.15) is 0 Å². The summed E-state index contributed by atoms with van der Waals surface area (Å²) in [6.07, 6.45) is 3.92. The van der Waals surface area contributed by atoms with E-state index in [2.05, 4.69) is 19.7 Å². The third kappa shape index (κ3) is 5.34. The first-order valence-electron chi connectivity index (χ1n) is 7.51. The van der Waals surface area contributed by atoms with E-state index >= 15 is 0 Å². The van der Waals surface area contributed by atoms with E-state index in [1.165, 1.54) is 0 Å². The summed E-state index contributed by atoms with van der Waals surface area (Å²) >= 11 is 0. The predicted molar refractivity (Wildman–Crippen MR) is 86.0 cm³/mol. The standard InChI is InChI=1S/C17H28O5/c1-6-9-19-15-13(4)22-14(12-18-5)16(20-10-7-2)17(15)21-11-8-3/h6-8,13-17H,1-3,9-12H2,4-5H3/t13-,14?,15-,16-,17?/m1/s1. The molecule has 1 aliphatic rings. The molecule has 0 radical (unpaired) electrons. The number of hydrogen-bond donors (Lipinski definition) is 0. The molecule has 0 aromatic heterocycles. The molecule has 0 bridgehead atoms. The Bertz CT molecular complexity index is 344. The van der Waals surface area contributed by atoms with E-state index < -0.39 is 0 Å². The molecule has 0 N–H and O–H groups in total. The zero-order chi connectivity index (χ0) is 16.4. The van der Waals surface area contributed by atoms with Crippen LogP contribution in [-0.2, 0) is 23.7 Å². The Kier molecular flexibility index (Phi) is 9.27. The molecule has 1 rings (SSSR count). The lowest BCUT2D eigenvalue weighted by Crippen LogP contribution is -2.60. The molecule has 126 valence electrons. The topological polar surface area (TPSA) is 46.2 Å². The van der Waals surface area contributed by atoms with E-state index in [0.717, 1.165) is 0 Å². The van der Waals surface area contributed by atoms with E-state index in [9.17, 15) is 0 Å². The third-order valence-corrected chi connectivity index (χ3v) is 3.42.